The second-order valence-corrected chi connectivity index (χ2v) is 7.16. The molecule has 4 rings (SSSR count). The van der Waals surface area contributed by atoms with E-state index in [2.05, 4.69) is 9.88 Å². The van der Waals surface area contributed by atoms with Crippen LogP contribution in [0.3, 0.4) is 0 Å². The van der Waals surface area contributed by atoms with E-state index in [1.807, 2.05) is 29.2 Å². The smallest absolute Gasteiger partial charge is 0.308 e. The van der Waals surface area contributed by atoms with Crippen LogP contribution in [0, 0.1) is 0 Å². The molecule has 7 nitrogen and oxygen atoms in total. The van der Waals surface area contributed by atoms with Gasteiger partial charge >= 0.3 is 5.97 Å². The lowest BCUT2D eigenvalue weighted by Crippen LogP contribution is -2.50. The van der Waals surface area contributed by atoms with Crippen LogP contribution in [0.25, 0.3) is 0 Å². The molecule has 0 spiro atoms. The van der Waals surface area contributed by atoms with E-state index in [4.69, 9.17) is 9.47 Å². The predicted molar refractivity (Wildman–Crippen MR) is 104 cm³/mol. The molecular weight excluding hydrogens is 358 g/mol. The maximum absolute atomic E-state index is 12.0. The van der Waals surface area contributed by atoms with E-state index in [1.54, 1.807) is 20.2 Å². The number of anilines is 1. The van der Waals surface area contributed by atoms with Crippen molar-refractivity contribution in [2.24, 2.45) is 0 Å². The molecular formula is C21H23N3O4. The normalized spacial score (nSPS) is 17.8. The van der Waals surface area contributed by atoms with Crippen molar-refractivity contribution in [3.63, 3.8) is 0 Å². The first kappa shape index (κ1) is 18.3. The zero-order valence-electron chi connectivity index (χ0n) is 16.3. The van der Waals surface area contributed by atoms with Crippen molar-refractivity contribution < 1.29 is 19.1 Å². The molecule has 1 amide bonds. The molecule has 0 radical (unpaired) electrons. The summed E-state index contributed by atoms with van der Waals surface area (Å²) in [5.74, 6) is 1.87. The average molecular weight is 381 g/mol. The van der Waals surface area contributed by atoms with Crippen LogP contribution in [0.15, 0.2) is 30.5 Å². The van der Waals surface area contributed by atoms with Gasteiger partial charge in [-0.2, -0.15) is 0 Å². The Labute approximate surface area is 163 Å². The van der Waals surface area contributed by atoms with Crippen LogP contribution < -0.4 is 14.4 Å². The third kappa shape index (κ3) is 3.28. The van der Waals surface area contributed by atoms with Gasteiger partial charge in [0.1, 0.15) is 17.3 Å². The molecule has 1 aromatic heterocycles. The highest BCUT2D eigenvalue weighted by atomic mass is 16.5. The van der Waals surface area contributed by atoms with E-state index >= 15 is 0 Å². The molecule has 0 aliphatic carbocycles. The quantitative estimate of drug-likeness (QED) is 0.587. The third-order valence-electron chi connectivity index (χ3n) is 5.37. The number of hydrogen-bond acceptors (Lipinski definition) is 6. The molecule has 1 unspecified atom stereocenters. The number of aromatic nitrogens is 1. The van der Waals surface area contributed by atoms with Gasteiger partial charge in [0, 0.05) is 45.5 Å². The Balaban J connectivity index is 1.83. The van der Waals surface area contributed by atoms with Gasteiger partial charge in [0.25, 0.3) is 0 Å². The van der Waals surface area contributed by atoms with Gasteiger partial charge in [-0.05, 0) is 29.3 Å². The number of carbonyl (C=O) groups excluding carboxylic acids is 2. The van der Waals surface area contributed by atoms with Gasteiger partial charge in [0.05, 0.1) is 19.3 Å². The summed E-state index contributed by atoms with van der Waals surface area (Å²) in [6.45, 7) is 4.97. The summed E-state index contributed by atoms with van der Waals surface area (Å²) in [6, 6.07) is 7.73. The number of benzene rings is 1. The predicted octanol–water partition coefficient (Wildman–Crippen LogP) is 2.33. The number of carbonyl (C=O) groups is 2. The Bertz CT molecular complexity index is 943. The Kier molecular flexibility index (Phi) is 4.66. The molecule has 2 aliphatic heterocycles. The van der Waals surface area contributed by atoms with Gasteiger partial charge in [-0.3, -0.25) is 9.59 Å². The number of esters is 1. The summed E-state index contributed by atoms with van der Waals surface area (Å²) < 4.78 is 10.7. The second-order valence-electron chi connectivity index (χ2n) is 7.16. The van der Waals surface area contributed by atoms with Crippen molar-refractivity contribution in [1.82, 2.24) is 9.88 Å². The maximum Gasteiger partial charge on any atom is 0.308 e. The number of ether oxygens (including phenoxy) is 2. The number of piperazine rings is 1. The summed E-state index contributed by atoms with van der Waals surface area (Å²) in [4.78, 5) is 32.2. The van der Waals surface area contributed by atoms with E-state index in [0.717, 1.165) is 22.5 Å². The Hall–Kier alpha value is -3.09. The lowest BCUT2D eigenvalue weighted by molar-refractivity contribution is -0.132. The van der Waals surface area contributed by atoms with E-state index < -0.39 is 0 Å². The minimum absolute atomic E-state index is 0.00109. The van der Waals surface area contributed by atoms with Crippen molar-refractivity contribution in [1.29, 1.82) is 0 Å². The largest absolute Gasteiger partial charge is 0.495 e. The Morgan fingerprint density at radius 3 is 2.61 bits per heavy atom. The van der Waals surface area contributed by atoms with Crippen LogP contribution in [0.5, 0.6) is 11.5 Å². The SMILES string of the molecule is COc1cnc2c(c1)Cc1cc(OC(C)=O)ccc1C1CN(C(C)=O)CCN21. The van der Waals surface area contributed by atoms with E-state index in [1.165, 1.54) is 6.92 Å². The monoisotopic (exact) mass is 381 g/mol. The average Bonchev–Trinajstić information content (AvgIpc) is 2.80. The summed E-state index contributed by atoms with van der Waals surface area (Å²) in [5.41, 5.74) is 3.24. The van der Waals surface area contributed by atoms with Gasteiger partial charge in [-0.25, -0.2) is 4.98 Å². The molecule has 146 valence electrons. The molecule has 1 atom stereocenters. The standard InChI is InChI=1S/C21H23N3O4/c1-13(25)23-6-7-24-20(12-23)19-5-4-17(28-14(2)26)9-15(19)8-16-10-18(27-3)11-22-21(16)24/h4-5,9-11,20H,6-8,12H2,1-3H3. The summed E-state index contributed by atoms with van der Waals surface area (Å²) in [5, 5.41) is 0. The highest BCUT2D eigenvalue weighted by Crippen LogP contribution is 2.40. The van der Waals surface area contributed by atoms with Crippen molar-refractivity contribution in [2.45, 2.75) is 26.3 Å². The van der Waals surface area contributed by atoms with Crippen LogP contribution in [0.2, 0.25) is 0 Å². The highest BCUT2D eigenvalue weighted by Gasteiger charge is 2.35. The van der Waals surface area contributed by atoms with Crippen LogP contribution in [-0.2, 0) is 16.0 Å². The maximum atomic E-state index is 12.0. The molecule has 0 bridgehead atoms. The number of fused-ring (bicyclic) bond motifs is 5. The van der Waals surface area contributed by atoms with Crippen LogP contribution in [0.1, 0.15) is 36.6 Å². The number of hydrogen-bond donors (Lipinski definition) is 0. The fourth-order valence-corrected chi connectivity index (χ4v) is 4.07. The second kappa shape index (κ2) is 7.14. The molecule has 1 aromatic carbocycles. The molecule has 1 saturated heterocycles. The lowest BCUT2D eigenvalue weighted by atomic mass is 9.95. The van der Waals surface area contributed by atoms with Crippen molar-refractivity contribution in [2.75, 3.05) is 31.6 Å². The minimum atomic E-state index is -0.348. The highest BCUT2D eigenvalue weighted by molar-refractivity contribution is 5.74. The fraction of sp³-hybridized carbons (Fsp3) is 0.381. The van der Waals surface area contributed by atoms with Crippen molar-refractivity contribution in [3.05, 3.63) is 47.2 Å². The van der Waals surface area contributed by atoms with E-state index in [0.29, 0.717) is 37.6 Å². The first-order valence-corrected chi connectivity index (χ1v) is 9.32. The molecule has 7 heteroatoms. The third-order valence-corrected chi connectivity index (χ3v) is 5.37. The minimum Gasteiger partial charge on any atom is -0.495 e. The Morgan fingerprint density at radius 2 is 1.89 bits per heavy atom. The van der Waals surface area contributed by atoms with Gasteiger partial charge in [-0.1, -0.05) is 6.07 Å². The lowest BCUT2D eigenvalue weighted by Gasteiger charge is -2.42. The molecule has 3 heterocycles. The topological polar surface area (TPSA) is 72.0 Å². The van der Waals surface area contributed by atoms with E-state index in [9.17, 15) is 9.59 Å². The number of rotatable bonds is 2. The number of amides is 1. The molecule has 28 heavy (non-hydrogen) atoms. The number of pyridine rings is 1. The zero-order chi connectivity index (χ0) is 19.8. The van der Waals surface area contributed by atoms with Gasteiger partial charge in [-0.15, -0.1) is 0 Å². The zero-order valence-corrected chi connectivity index (χ0v) is 16.3. The molecule has 1 fully saturated rings. The molecule has 2 aliphatic rings. The first-order chi connectivity index (χ1) is 13.5. The number of nitrogens with zero attached hydrogens (tertiary/aromatic N) is 3. The van der Waals surface area contributed by atoms with Crippen LogP contribution in [0.4, 0.5) is 5.82 Å². The van der Waals surface area contributed by atoms with Crippen molar-refractivity contribution >= 4 is 17.7 Å². The van der Waals surface area contributed by atoms with Crippen LogP contribution >= 0.6 is 0 Å². The molecule has 0 saturated carbocycles. The first-order valence-electron chi connectivity index (χ1n) is 9.32. The summed E-state index contributed by atoms with van der Waals surface area (Å²) in [7, 11) is 1.63. The molecule has 2 aromatic rings. The van der Waals surface area contributed by atoms with Crippen LogP contribution in [-0.4, -0.2) is 48.5 Å². The van der Waals surface area contributed by atoms with Gasteiger partial charge < -0.3 is 19.3 Å². The fourth-order valence-electron chi connectivity index (χ4n) is 4.07. The Morgan fingerprint density at radius 1 is 1.11 bits per heavy atom. The molecule has 0 N–H and O–H groups in total. The van der Waals surface area contributed by atoms with E-state index in [-0.39, 0.29) is 17.9 Å². The number of methoxy groups -OCH3 is 1. The summed E-state index contributed by atoms with van der Waals surface area (Å²) >= 11 is 0. The van der Waals surface area contributed by atoms with Gasteiger partial charge in [0.15, 0.2) is 0 Å². The summed E-state index contributed by atoms with van der Waals surface area (Å²) in [6.07, 6.45) is 2.38. The van der Waals surface area contributed by atoms with Crippen molar-refractivity contribution in [3.8, 4) is 11.5 Å². The van der Waals surface area contributed by atoms with Gasteiger partial charge in [0.2, 0.25) is 5.91 Å².